The van der Waals surface area contributed by atoms with Crippen LogP contribution in [0.5, 0.6) is 0 Å². The molecule has 0 aliphatic rings. The van der Waals surface area contributed by atoms with Crippen molar-refractivity contribution >= 4 is 132 Å². The minimum Gasteiger partial charge on any atom is -0.455 e. The van der Waals surface area contributed by atoms with Gasteiger partial charge in [-0.3, -0.25) is 0 Å². The van der Waals surface area contributed by atoms with Crippen molar-refractivity contribution in [3.05, 3.63) is 497 Å². The Kier molecular flexibility index (Phi) is 19.2. The molecule has 25 rings (SSSR count). The zero-order valence-corrected chi connectivity index (χ0v) is 70.9. The molecule has 25 aromatic rings. The van der Waals surface area contributed by atoms with Crippen LogP contribution in [-0.4, -0.2) is 9.13 Å². The van der Waals surface area contributed by atoms with Crippen molar-refractivity contribution in [3.8, 4) is 100 Å². The second-order valence-electron chi connectivity index (χ2n) is 33.4. The molecular weight excluding hydrogens is 1580 g/mol. The van der Waals surface area contributed by atoms with E-state index < -0.39 is 0 Å². The number of aromatic nitrogens is 2. The largest absolute Gasteiger partial charge is 0.455 e. The zero-order chi connectivity index (χ0) is 86.0. The van der Waals surface area contributed by atoms with Crippen LogP contribution in [-0.2, 0) is 0 Å². The molecule has 0 aliphatic heterocycles. The third kappa shape index (κ3) is 13.9. The minimum atomic E-state index is 0.911. The lowest BCUT2D eigenvalue weighted by Crippen LogP contribution is -2.10. The normalized spacial score (nSPS) is 11.5. The molecule has 0 spiro atoms. The molecule has 0 radical (unpaired) electrons. The quantitative estimate of drug-likeness (QED) is 0.0967. The monoisotopic (exact) mass is 1660 g/mol. The predicted molar refractivity (Wildman–Crippen MR) is 546 cm³/mol. The maximum atomic E-state index is 6.37. The predicted octanol–water partition coefficient (Wildman–Crippen LogP) is 34.8. The van der Waals surface area contributed by atoms with Crippen LogP contribution < -0.4 is 9.80 Å². The Morgan fingerprint density at radius 3 is 0.708 bits per heavy atom. The average molecular weight is 1660 g/mol. The smallest absolute Gasteiger partial charge is 0.143 e. The summed E-state index contributed by atoms with van der Waals surface area (Å²) in [7, 11) is 0. The zero-order valence-electron chi connectivity index (χ0n) is 70.9. The molecule has 130 heavy (non-hydrogen) atoms. The van der Waals surface area contributed by atoms with Crippen LogP contribution in [0.1, 0.15) is 0 Å². The molecule has 0 atom stereocenters. The summed E-state index contributed by atoms with van der Waals surface area (Å²) < 4.78 is 17.5. The third-order valence-electron chi connectivity index (χ3n) is 25.9. The Labute approximate surface area is 752 Å². The second kappa shape index (κ2) is 32.7. The number of fused-ring (bicyclic) bond motifs is 13. The summed E-state index contributed by atoms with van der Waals surface area (Å²) in [6.45, 7) is 0. The molecule has 21 aromatic carbocycles. The lowest BCUT2D eigenvalue weighted by atomic mass is 9.96. The number of nitrogens with zero attached hydrogens (tertiary/aromatic N) is 4. The number of benzene rings is 21. The number of para-hydroxylation sites is 8. The Hall–Kier alpha value is -17.3. The molecule has 6 nitrogen and oxygen atoms in total. The van der Waals surface area contributed by atoms with E-state index in [1.807, 2.05) is 24.3 Å². The van der Waals surface area contributed by atoms with Gasteiger partial charge in [0.1, 0.15) is 22.3 Å². The fourth-order valence-corrected chi connectivity index (χ4v) is 19.4. The van der Waals surface area contributed by atoms with E-state index in [1.54, 1.807) is 0 Å². The minimum absolute atomic E-state index is 0.911. The molecule has 0 aliphatic carbocycles. The number of hydrogen-bond acceptors (Lipinski definition) is 4. The SMILES string of the molecule is c1ccc(-c2ccc(-c3ccc(N(c4ccc(-c5ccc(-c6cccc7c6oc6ccccc67)cc5)cc4)c4ccc(-n5c6ccccc6c6ccccc65)cc4)cc3)cc2)cc1.c1ccc2c(-c3ccc(-c4ccc(N(c5ccc(-c6ccc(-c7cccc8c7oc7ccccc78)cc6)cc5)c5ccc(-n6c7ccccc7c7ccccc76)cc5)cc4)cc3)cccc2c1. The summed E-state index contributed by atoms with van der Waals surface area (Å²) >= 11 is 0. The van der Waals surface area contributed by atoms with Crippen molar-refractivity contribution in [1.82, 2.24) is 9.13 Å². The second-order valence-corrected chi connectivity index (χ2v) is 33.4. The van der Waals surface area contributed by atoms with Gasteiger partial charge in [0, 0.05) is 99.7 Å². The first kappa shape index (κ1) is 76.3. The Balaban J connectivity index is 0.000000144. The number of furan rings is 2. The Bertz CT molecular complexity index is 8390. The highest BCUT2D eigenvalue weighted by Crippen LogP contribution is 2.46. The van der Waals surface area contributed by atoms with Crippen LogP contribution in [0.2, 0.25) is 0 Å². The van der Waals surface area contributed by atoms with Gasteiger partial charge in [-0.2, -0.15) is 0 Å². The van der Waals surface area contributed by atoms with Gasteiger partial charge in [0.25, 0.3) is 0 Å². The molecule has 0 bridgehead atoms. The van der Waals surface area contributed by atoms with Crippen molar-refractivity contribution in [2.24, 2.45) is 0 Å². The molecule has 4 aromatic heterocycles. The molecule has 6 heteroatoms. The standard InChI is InChI=1S/C64H42N2O.C60H40N2O/c1-2-13-54-47(11-1)12-9-17-55(54)48-27-23-43(24-28-48)45-31-35-50(36-32-45)65(52-39-41-53(42-40-52)66-61-20-6-3-14-57(61)58-15-4-7-21-62(58)66)51-37-33-46(34-38-51)44-25-29-49(30-26-44)56-18-10-19-60-59-16-5-8-22-63(59)67-64(56)60;1-2-11-41(12-3-1)42-21-23-43(24-22-42)45-29-33-48(34-30-45)61(50-37-39-51(40-38-50)62-57-18-7-4-13-53(57)54-14-5-8-19-58(54)62)49-35-31-46(32-36-49)44-25-27-47(28-26-44)52-16-10-17-56-55-15-6-9-20-59(55)63-60(52)56/h1-42H;1-40H. The molecular formula is C124H82N4O2. The van der Waals surface area contributed by atoms with Crippen molar-refractivity contribution in [1.29, 1.82) is 0 Å². The first-order chi connectivity index (χ1) is 64.4. The van der Waals surface area contributed by atoms with Crippen LogP contribution >= 0.6 is 0 Å². The molecule has 0 N–H and O–H groups in total. The highest BCUT2D eigenvalue weighted by Gasteiger charge is 2.22. The van der Waals surface area contributed by atoms with Crippen LogP contribution in [0.25, 0.3) is 199 Å². The van der Waals surface area contributed by atoms with E-state index in [-0.39, 0.29) is 0 Å². The molecule has 4 heterocycles. The lowest BCUT2D eigenvalue weighted by Gasteiger charge is -2.26. The fraction of sp³-hybridized carbons (Fsp3) is 0. The van der Waals surface area contributed by atoms with Gasteiger partial charge in [0.2, 0.25) is 0 Å². The van der Waals surface area contributed by atoms with E-state index in [0.717, 1.165) is 134 Å². The van der Waals surface area contributed by atoms with E-state index in [2.05, 4.69) is 492 Å². The summed E-state index contributed by atoms with van der Waals surface area (Å²) in [6.07, 6.45) is 0. The van der Waals surface area contributed by atoms with E-state index >= 15 is 0 Å². The summed E-state index contributed by atoms with van der Waals surface area (Å²) in [5.74, 6) is 0. The van der Waals surface area contributed by atoms with Gasteiger partial charge >= 0.3 is 0 Å². The van der Waals surface area contributed by atoms with Crippen molar-refractivity contribution in [2.45, 2.75) is 0 Å². The Morgan fingerprint density at radius 1 is 0.146 bits per heavy atom. The fourth-order valence-electron chi connectivity index (χ4n) is 19.4. The maximum Gasteiger partial charge on any atom is 0.143 e. The van der Waals surface area contributed by atoms with Crippen LogP contribution in [0.3, 0.4) is 0 Å². The van der Waals surface area contributed by atoms with E-state index in [1.165, 1.54) is 98.9 Å². The average Bonchev–Trinajstić information content (AvgIpc) is 1.60. The van der Waals surface area contributed by atoms with Gasteiger partial charge in [-0.15, -0.1) is 0 Å². The van der Waals surface area contributed by atoms with Crippen LogP contribution in [0.15, 0.2) is 506 Å². The first-order valence-electron chi connectivity index (χ1n) is 44.4. The highest BCUT2D eigenvalue weighted by atomic mass is 16.3. The molecule has 0 saturated carbocycles. The third-order valence-corrected chi connectivity index (χ3v) is 25.9. The Morgan fingerprint density at radius 2 is 0.369 bits per heavy atom. The first-order valence-corrected chi connectivity index (χ1v) is 44.4. The van der Waals surface area contributed by atoms with Crippen LogP contribution in [0, 0.1) is 0 Å². The van der Waals surface area contributed by atoms with Gasteiger partial charge in [0.05, 0.1) is 22.1 Å². The summed E-state index contributed by atoms with van der Waals surface area (Å²) in [5.41, 5.74) is 35.9. The maximum absolute atomic E-state index is 6.37. The molecule has 610 valence electrons. The van der Waals surface area contributed by atoms with E-state index in [4.69, 9.17) is 8.83 Å². The van der Waals surface area contributed by atoms with Crippen molar-refractivity contribution < 1.29 is 8.83 Å². The molecule has 0 saturated heterocycles. The molecule has 0 fully saturated rings. The van der Waals surface area contributed by atoms with Gasteiger partial charge < -0.3 is 27.8 Å². The van der Waals surface area contributed by atoms with E-state index in [9.17, 15) is 0 Å². The van der Waals surface area contributed by atoms with Crippen molar-refractivity contribution in [2.75, 3.05) is 9.80 Å². The van der Waals surface area contributed by atoms with Crippen molar-refractivity contribution in [3.63, 3.8) is 0 Å². The lowest BCUT2D eigenvalue weighted by molar-refractivity contribution is 0.669. The number of anilines is 6. The summed E-state index contributed by atoms with van der Waals surface area (Å²) in [6, 6.07) is 179. The highest BCUT2D eigenvalue weighted by molar-refractivity contribution is 6.13. The summed E-state index contributed by atoms with van der Waals surface area (Å²) in [5, 5.41) is 12.1. The van der Waals surface area contributed by atoms with Gasteiger partial charge in [0.15, 0.2) is 0 Å². The molecule has 0 unspecified atom stereocenters. The number of hydrogen-bond donors (Lipinski definition) is 0. The van der Waals surface area contributed by atoms with E-state index in [0.29, 0.717) is 0 Å². The topological polar surface area (TPSA) is 42.6 Å². The van der Waals surface area contributed by atoms with Gasteiger partial charge in [-0.1, -0.05) is 364 Å². The number of rotatable bonds is 16. The molecule has 0 amide bonds. The van der Waals surface area contributed by atoms with Crippen LogP contribution in [0.4, 0.5) is 34.1 Å². The van der Waals surface area contributed by atoms with Gasteiger partial charge in [-0.25, -0.2) is 0 Å². The van der Waals surface area contributed by atoms with Gasteiger partial charge in [-0.05, 0) is 222 Å². The summed E-state index contributed by atoms with van der Waals surface area (Å²) in [4.78, 5) is 4.70.